The lowest BCUT2D eigenvalue weighted by atomic mass is 9.75. The maximum atomic E-state index is 2.48. The molecule has 0 saturated heterocycles. The van der Waals surface area contributed by atoms with E-state index in [1.165, 1.54) is 44.9 Å². The molecule has 2 unspecified atom stereocenters. The van der Waals surface area contributed by atoms with Crippen molar-refractivity contribution in [2.75, 3.05) is 0 Å². The first-order chi connectivity index (χ1) is 5.66. The second-order valence-corrected chi connectivity index (χ2v) is 5.81. The summed E-state index contributed by atoms with van der Waals surface area (Å²) in [5, 5.41) is 0. The first-order valence-corrected chi connectivity index (χ1v) is 5.66. The van der Waals surface area contributed by atoms with Gasteiger partial charge in [0.1, 0.15) is 0 Å². The van der Waals surface area contributed by atoms with E-state index in [2.05, 4.69) is 13.8 Å². The predicted molar refractivity (Wildman–Crippen MR) is 53.1 cm³/mol. The smallest absolute Gasteiger partial charge is 0.0349 e. The highest BCUT2D eigenvalue weighted by Gasteiger charge is 2.32. The van der Waals surface area contributed by atoms with Crippen molar-refractivity contribution in [2.45, 2.75) is 58.8 Å². The summed E-state index contributed by atoms with van der Waals surface area (Å²) in [5.41, 5.74) is 0.659. The van der Waals surface area contributed by atoms with Crippen molar-refractivity contribution >= 4 is 0 Å². The molecule has 12 heavy (non-hydrogen) atoms. The van der Waals surface area contributed by atoms with Crippen LogP contribution in [0.2, 0.25) is 0 Å². The lowest BCUT2D eigenvalue weighted by molar-refractivity contribution is 0.209. The quantitative estimate of drug-likeness (QED) is 0.510. The van der Waals surface area contributed by atoms with Crippen LogP contribution in [0.15, 0.2) is 0 Å². The Balaban J connectivity index is 2.11. The summed E-state index contributed by atoms with van der Waals surface area (Å²) in [5.74, 6) is 2.15. The SMILES string of the molecule is CC1(C)CC2CCCC(CC2)C1. The van der Waals surface area contributed by atoms with Crippen LogP contribution in [-0.4, -0.2) is 0 Å². The first kappa shape index (κ1) is 8.59. The maximum Gasteiger partial charge on any atom is -0.0349 e. The number of hydrogen-bond donors (Lipinski definition) is 0. The largest absolute Gasteiger partial charge is 0.0599 e. The highest BCUT2D eigenvalue weighted by Crippen LogP contribution is 2.45. The van der Waals surface area contributed by atoms with Gasteiger partial charge in [0.15, 0.2) is 0 Å². The Morgan fingerprint density at radius 1 is 0.833 bits per heavy atom. The van der Waals surface area contributed by atoms with E-state index in [1.54, 1.807) is 0 Å². The molecule has 0 nitrogen and oxygen atoms in total. The van der Waals surface area contributed by atoms with Gasteiger partial charge in [-0.2, -0.15) is 0 Å². The van der Waals surface area contributed by atoms with Crippen LogP contribution in [0.1, 0.15) is 58.8 Å². The Kier molecular flexibility index (Phi) is 2.18. The zero-order valence-corrected chi connectivity index (χ0v) is 8.60. The second kappa shape index (κ2) is 3.05. The lowest BCUT2D eigenvalue weighted by Gasteiger charge is -2.31. The van der Waals surface area contributed by atoms with Crippen LogP contribution in [-0.2, 0) is 0 Å². The van der Waals surface area contributed by atoms with Gasteiger partial charge in [0, 0.05) is 0 Å². The van der Waals surface area contributed by atoms with Crippen LogP contribution < -0.4 is 0 Å². The molecule has 2 fully saturated rings. The molecule has 2 saturated carbocycles. The highest BCUT2D eigenvalue weighted by molar-refractivity contribution is 4.84. The molecule has 2 atom stereocenters. The minimum Gasteiger partial charge on any atom is -0.0599 e. The van der Waals surface area contributed by atoms with Crippen LogP contribution in [0.25, 0.3) is 0 Å². The number of hydrogen-bond acceptors (Lipinski definition) is 0. The van der Waals surface area contributed by atoms with E-state index < -0.39 is 0 Å². The topological polar surface area (TPSA) is 0 Å². The molecule has 0 heterocycles. The minimum atomic E-state index is 0.659. The minimum absolute atomic E-state index is 0.659. The predicted octanol–water partition coefficient (Wildman–Crippen LogP) is 4.00. The number of fused-ring (bicyclic) bond motifs is 3. The molecule has 0 aliphatic heterocycles. The fraction of sp³-hybridized carbons (Fsp3) is 1.00. The van der Waals surface area contributed by atoms with E-state index >= 15 is 0 Å². The van der Waals surface area contributed by atoms with Gasteiger partial charge in [0.25, 0.3) is 0 Å². The molecule has 70 valence electrons. The van der Waals surface area contributed by atoms with Gasteiger partial charge in [-0.05, 0) is 30.1 Å². The Morgan fingerprint density at radius 2 is 1.33 bits per heavy atom. The highest BCUT2D eigenvalue weighted by atomic mass is 14.4. The molecule has 2 rings (SSSR count). The Bertz CT molecular complexity index is 141. The van der Waals surface area contributed by atoms with E-state index in [-0.39, 0.29) is 0 Å². The summed E-state index contributed by atoms with van der Waals surface area (Å²) >= 11 is 0. The van der Waals surface area contributed by atoms with E-state index in [4.69, 9.17) is 0 Å². The van der Waals surface area contributed by atoms with E-state index in [0.29, 0.717) is 5.41 Å². The van der Waals surface area contributed by atoms with E-state index in [9.17, 15) is 0 Å². The third-order valence-electron chi connectivity index (χ3n) is 3.89. The van der Waals surface area contributed by atoms with Gasteiger partial charge in [0.2, 0.25) is 0 Å². The van der Waals surface area contributed by atoms with Gasteiger partial charge in [-0.3, -0.25) is 0 Å². The molecular weight excluding hydrogens is 144 g/mol. The molecule has 0 heteroatoms. The Morgan fingerprint density at radius 3 is 1.83 bits per heavy atom. The van der Waals surface area contributed by atoms with E-state index in [0.717, 1.165) is 11.8 Å². The molecule has 0 aromatic rings. The standard InChI is InChI=1S/C12H22/c1-12(2)8-10-4-3-5-11(9-12)7-6-10/h10-11H,3-9H2,1-2H3. The average Bonchev–Trinajstić information content (AvgIpc) is 2.17. The van der Waals surface area contributed by atoms with Crippen LogP contribution >= 0.6 is 0 Å². The zero-order valence-electron chi connectivity index (χ0n) is 8.60. The third kappa shape index (κ3) is 1.84. The Hall–Kier alpha value is 0. The van der Waals surface area contributed by atoms with Crippen molar-refractivity contribution in [1.29, 1.82) is 0 Å². The summed E-state index contributed by atoms with van der Waals surface area (Å²) in [6.07, 6.45) is 10.7. The molecule has 0 aromatic heterocycles. The van der Waals surface area contributed by atoms with Gasteiger partial charge in [-0.1, -0.05) is 46.0 Å². The van der Waals surface area contributed by atoms with Crippen LogP contribution in [0, 0.1) is 17.3 Å². The third-order valence-corrected chi connectivity index (χ3v) is 3.89. The van der Waals surface area contributed by atoms with Crippen molar-refractivity contribution in [1.82, 2.24) is 0 Å². The molecule has 2 aliphatic carbocycles. The van der Waals surface area contributed by atoms with Gasteiger partial charge in [-0.15, -0.1) is 0 Å². The summed E-state index contributed by atoms with van der Waals surface area (Å²) < 4.78 is 0. The summed E-state index contributed by atoms with van der Waals surface area (Å²) in [4.78, 5) is 0. The molecular formula is C12H22. The number of rotatable bonds is 0. The van der Waals surface area contributed by atoms with Crippen molar-refractivity contribution in [3.63, 3.8) is 0 Å². The normalized spacial score (nSPS) is 40.5. The molecule has 0 spiro atoms. The molecule has 0 N–H and O–H groups in total. The fourth-order valence-corrected chi connectivity index (χ4v) is 3.51. The van der Waals surface area contributed by atoms with Crippen molar-refractivity contribution in [2.24, 2.45) is 17.3 Å². The summed E-state index contributed by atoms with van der Waals surface area (Å²) in [6.45, 7) is 4.95. The van der Waals surface area contributed by atoms with Crippen molar-refractivity contribution in [3.05, 3.63) is 0 Å². The zero-order chi connectivity index (χ0) is 8.60. The van der Waals surface area contributed by atoms with Crippen molar-refractivity contribution in [3.8, 4) is 0 Å². The van der Waals surface area contributed by atoms with Crippen LogP contribution in [0.4, 0.5) is 0 Å². The summed E-state index contributed by atoms with van der Waals surface area (Å²) in [6, 6.07) is 0. The van der Waals surface area contributed by atoms with Crippen LogP contribution in [0.3, 0.4) is 0 Å². The molecule has 0 aromatic carbocycles. The van der Waals surface area contributed by atoms with Gasteiger partial charge < -0.3 is 0 Å². The molecule has 2 aliphatic rings. The first-order valence-electron chi connectivity index (χ1n) is 5.66. The molecule has 0 amide bonds. The average molecular weight is 166 g/mol. The van der Waals surface area contributed by atoms with Crippen molar-refractivity contribution < 1.29 is 0 Å². The molecule has 2 bridgehead atoms. The van der Waals surface area contributed by atoms with Crippen LogP contribution in [0.5, 0.6) is 0 Å². The van der Waals surface area contributed by atoms with Gasteiger partial charge >= 0.3 is 0 Å². The van der Waals surface area contributed by atoms with Gasteiger partial charge in [0.05, 0.1) is 0 Å². The lowest BCUT2D eigenvalue weighted by Crippen LogP contribution is -2.19. The summed E-state index contributed by atoms with van der Waals surface area (Å²) in [7, 11) is 0. The second-order valence-electron chi connectivity index (χ2n) is 5.81. The van der Waals surface area contributed by atoms with Gasteiger partial charge in [-0.25, -0.2) is 0 Å². The monoisotopic (exact) mass is 166 g/mol. The Labute approximate surface area is 76.7 Å². The molecule has 0 radical (unpaired) electrons. The van der Waals surface area contributed by atoms with E-state index in [1.807, 2.05) is 0 Å². The maximum absolute atomic E-state index is 2.48. The fourth-order valence-electron chi connectivity index (χ4n) is 3.51.